The lowest BCUT2D eigenvalue weighted by Gasteiger charge is -2.46. The summed E-state index contributed by atoms with van der Waals surface area (Å²) in [7, 11) is 1.67. The molecule has 1 aromatic rings. The monoisotopic (exact) mass is 330 g/mol. The Morgan fingerprint density at radius 1 is 1.25 bits per heavy atom. The van der Waals surface area contributed by atoms with Crippen LogP contribution in [0.5, 0.6) is 5.75 Å². The molecule has 132 valence electrons. The maximum atomic E-state index is 13.1. The van der Waals surface area contributed by atoms with Crippen LogP contribution < -0.4 is 15.0 Å². The van der Waals surface area contributed by atoms with Gasteiger partial charge in [0.1, 0.15) is 5.75 Å². The second-order valence-electron chi connectivity index (χ2n) is 7.96. The molecule has 1 fully saturated rings. The van der Waals surface area contributed by atoms with Crippen molar-refractivity contribution in [2.75, 3.05) is 12.0 Å². The van der Waals surface area contributed by atoms with E-state index in [0.717, 1.165) is 30.7 Å². The number of nitrogens with one attached hydrogen (secondary N) is 1. The van der Waals surface area contributed by atoms with E-state index < -0.39 is 0 Å². The minimum Gasteiger partial charge on any atom is -0.497 e. The molecule has 4 heteroatoms. The van der Waals surface area contributed by atoms with E-state index in [2.05, 4.69) is 32.2 Å². The highest BCUT2D eigenvalue weighted by Gasteiger charge is 2.40. The Bertz CT molecular complexity index is 606. The first-order chi connectivity index (χ1) is 11.4. The van der Waals surface area contributed by atoms with Gasteiger partial charge in [-0.1, -0.05) is 32.3 Å². The van der Waals surface area contributed by atoms with Crippen molar-refractivity contribution < 1.29 is 9.53 Å². The molecule has 3 rings (SSSR count). The third-order valence-electron chi connectivity index (χ3n) is 5.56. The van der Waals surface area contributed by atoms with Crippen molar-refractivity contribution in [3.63, 3.8) is 0 Å². The first kappa shape index (κ1) is 17.1. The standard InChI is InChI=1S/C20H30N2O2/c1-14-13-20(2,3)22(18-12-16(24-4)10-11-17(14)18)19(23)21-15-8-6-5-7-9-15/h10-12,14-15H,5-9,13H2,1-4H3,(H,21,23)/t14-/m0/s1. The fourth-order valence-corrected chi connectivity index (χ4v) is 4.41. The van der Waals surface area contributed by atoms with Crippen molar-refractivity contribution in [2.24, 2.45) is 0 Å². The number of hydrogen-bond donors (Lipinski definition) is 1. The molecule has 4 nitrogen and oxygen atoms in total. The number of hydrogen-bond acceptors (Lipinski definition) is 2. The van der Waals surface area contributed by atoms with Gasteiger partial charge in [0.25, 0.3) is 0 Å². The second-order valence-corrected chi connectivity index (χ2v) is 7.96. The van der Waals surface area contributed by atoms with Crippen LogP contribution in [0.3, 0.4) is 0 Å². The van der Waals surface area contributed by atoms with Crippen LogP contribution in [-0.4, -0.2) is 24.7 Å². The Kier molecular flexibility index (Phi) is 4.75. The number of benzene rings is 1. The minimum atomic E-state index is -0.211. The predicted octanol–water partition coefficient (Wildman–Crippen LogP) is 4.83. The van der Waals surface area contributed by atoms with Crippen molar-refractivity contribution >= 4 is 11.7 Å². The van der Waals surface area contributed by atoms with Crippen LogP contribution in [0.15, 0.2) is 18.2 Å². The normalized spacial score (nSPS) is 23.5. The Balaban J connectivity index is 1.92. The fourth-order valence-electron chi connectivity index (χ4n) is 4.41. The quantitative estimate of drug-likeness (QED) is 0.844. The van der Waals surface area contributed by atoms with Gasteiger partial charge in [0, 0.05) is 17.6 Å². The summed E-state index contributed by atoms with van der Waals surface area (Å²) < 4.78 is 5.40. The zero-order chi connectivity index (χ0) is 17.3. The minimum absolute atomic E-state index is 0.0355. The van der Waals surface area contributed by atoms with E-state index in [4.69, 9.17) is 4.74 Å². The van der Waals surface area contributed by atoms with Crippen LogP contribution >= 0.6 is 0 Å². The number of carbonyl (C=O) groups excluding carboxylic acids is 1. The number of methoxy groups -OCH3 is 1. The molecular weight excluding hydrogens is 300 g/mol. The van der Waals surface area contributed by atoms with Gasteiger partial charge in [-0.15, -0.1) is 0 Å². The van der Waals surface area contributed by atoms with E-state index in [1.165, 1.54) is 24.8 Å². The highest BCUT2D eigenvalue weighted by molar-refractivity contribution is 5.95. The fraction of sp³-hybridized carbons (Fsp3) is 0.650. The molecule has 0 saturated heterocycles. The summed E-state index contributed by atoms with van der Waals surface area (Å²) in [4.78, 5) is 15.1. The predicted molar refractivity (Wildman–Crippen MR) is 98.0 cm³/mol. The largest absolute Gasteiger partial charge is 0.497 e. The molecule has 1 saturated carbocycles. The molecule has 1 atom stereocenters. The smallest absolute Gasteiger partial charge is 0.322 e. The highest BCUT2D eigenvalue weighted by Crippen LogP contribution is 2.44. The number of rotatable bonds is 2. The number of anilines is 1. The number of ether oxygens (including phenoxy) is 1. The van der Waals surface area contributed by atoms with Gasteiger partial charge >= 0.3 is 6.03 Å². The average molecular weight is 330 g/mol. The van der Waals surface area contributed by atoms with E-state index in [9.17, 15) is 4.79 Å². The van der Waals surface area contributed by atoms with Crippen LogP contribution in [0, 0.1) is 0 Å². The highest BCUT2D eigenvalue weighted by atomic mass is 16.5. The van der Waals surface area contributed by atoms with E-state index in [-0.39, 0.29) is 11.6 Å². The van der Waals surface area contributed by atoms with E-state index >= 15 is 0 Å². The van der Waals surface area contributed by atoms with Crippen LogP contribution in [0.2, 0.25) is 0 Å². The van der Waals surface area contributed by atoms with Gasteiger partial charge in [-0.05, 0) is 50.7 Å². The lowest BCUT2D eigenvalue weighted by molar-refractivity contribution is 0.228. The van der Waals surface area contributed by atoms with Gasteiger partial charge in [-0.2, -0.15) is 0 Å². The van der Waals surface area contributed by atoms with Gasteiger partial charge < -0.3 is 10.1 Å². The lowest BCUT2D eigenvalue weighted by atomic mass is 9.80. The maximum Gasteiger partial charge on any atom is 0.322 e. The lowest BCUT2D eigenvalue weighted by Crippen LogP contribution is -2.57. The molecule has 1 aliphatic carbocycles. The van der Waals surface area contributed by atoms with Crippen LogP contribution in [0.25, 0.3) is 0 Å². The van der Waals surface area contributed by atoms with Crippen LogP contribution in [-0.2, 0) is 0 Å². The summed E-state index contributed by atoms with van der Waals surface area (Å²) in [6, 6.07) is 6.45. The first-order valence-corrected chi connectivity index (χ1v) is 9.21. The van der Waals surface area contributed by atoms with Gasteiger partial charge in [0.2, 0.25) is 0 Å². The summed E-state index contributed by atoms with van der Waals surface area (Å²) in [6.45, 7) is 6.56. The summed E-state index contributed by atoms with van der Waals surface area (Å²) >= 11 is 0. The topological polar surface area (TPSA) is 41.6 Å². The summed E-state index contributed by atoms with van der Waals surface area (Å²) in [5.74, 6) is 1.23. The molecule has 0 bridgehead atoms. The molecule has 24 heavy (non-hydrogen) atoms. The number of fused-ring (bicyclic) bond motifs is 1. The molecule has 0 radical (unpaired) electrons. The summed E-state index contributed by atoms with van der Waals surface area (Å²) in [5, 5.41) is 3.28. The molecule has 1 heterocycles. The number of nitrogens with zero attached hydrogens (tertiary/aromatic N) is 1. The van der Waals surface area contributed by atoms with Gasteiger partial charge in [0.15, 0.2) is 0 Å². The molecule has 2 amide bonds. The van der Waals surface area contributed by atoms with Crippen molar-refractivity contribution in [3.8, 4) is 5.75 Å². The molecule has 1 N–H and O–H groups in total. The van der Waals surface area contributed by atoms with E-state index in [1.807, 2.05) is 17.0 Å². The Morgan fingerprint density at radius 2 is 1.96 bits per heavy atom. The molecule has 0 spiro atoms. The third-order valence-corrected chi connectivity index (χ3v) is 5.56. The number of amides is 2. The van der Waals surface area contributed by atoms with Crippen molar-refractivity contribution in [1.82, 2.24) is 5.32 Å². The van der Waals surface area contributed by atoms with E-state index in [0.29, 0.717) is 12.0 Å². The maximum absolute atomic E-state index is 13.1. The van der Waals surface area contributed by atoms with Crippen LogP contribution in [0.4, 0.5) is 10.5 Å². The Labute approximate surface area is 145 Å². The zero-order valence-electron chi connectivity index (χ0n) is 15.4. The van der Waals surface area contributed by atoms with Crippen molar-refractivity contribution in [2.45, 2.75) is 76.8 Å². The molecule has 0 aromatic heterocycles. The SMILES string of the molecule is COc1ccc2c(c1)N(C(=O)NC1CCCCC1)C(C)(C)C[C@@H]2C. The zero-order valence-corrected chi connectivity index (χ0v) is 15.4. The van der Waals surface area contributed by atoms with Gasteiger partial charge in [0.05, 0.1) is 12.8 Å². The van der Waals surface area contributed by atoms with Gasteiger partial charge in [-0.3, -0.25) is 4.90 Å². The molecule has 2 aliphatic rings. The third kappa shape index (κ3) is 3.24. The number of carbonyl (C=O) groups is 1. The van der Waals surface area contributed by atoms with E-state index in [1.54, 1.807) is 7.11 Å². The van der Waals surface area contributed by atoms with Crippen molar-refractivity contribution in [1.29, 1.82) is 0 Å². The molecule has 1 aromatic carbocycles. The van der Waals surface area contributed by atoms with Gasteiger partial charge in [-0.25, -0.2) is 4.79 Å². The molecule has 1 aliphatic heterocycles. The Hall–Kier alpha value is -1.71. The summed E-state index contributed by atoms with van der Waals surface area (Å²) in [6.07, 6.45) is 6.89. The summed E-state index contributed by atoms with van der Waals surface area (Å²) in [5.41, 5.74) is 2.01. The Morgan fingerprint density at radius 3 is 2.62 bits per heavy atom. The van der Waals surface area contributed by atoms with Crippen LogP contribution in [0.1, 0.15) is 70.8 Å². The number of urea groups is 1. The van der Waals surface area contributed by atoms with Crippen molar-refractivity contribution in [3.05, 3.63) is 23.8 Å². The second kappa shape index (κ2) is 6.66. The molecule has 0 unspecified atom stereocenters. The average Bonchev–Trinajstić information content (AvgIpc) is 2.54. The first-order valence-electron chi connectivity index (χ1n) is 9.21. The molecular formula is C20H30N2O2.